The molecule has 1 aromatic carbocycles. The van der Waals surface area contributed by atoms with Crippen LogP contribution in [0.3, 0.4) is 0 Å². The first-order valence-corrected chi connectivity index (χ1v) is 8.43. The summed E-state index contributed by atoms with van der Waals surface area (Å²) in [5.41, 5.74) is 1.36. The fraction of sp³-hybridized carbons (Fsp3) is 0.316. The number of halogens is 3. The fourth-order valence-corrected chi connectivity index (χ4v) is 3.36. The highest BCUT2D eigenvalue weighted by molar-refractivity contribution is 5.48. The molecule has 4 rings (SSSR count). The Morgan fingerprint density at radius 2 is 1.88 bits per heavy atom. The minimum Gasteiger partial charge on any atom is -0.283 e. The monoisotopic (exact) mass is 358 g/mol. The number of hydrogen-bond donors (Lipinski definition) is 0. The largest absolute Gasteiger partial charge is 0.416 e. The summed E-state index contributed by atoms with van der Waals surface area (Å²) >= 11 is 0. The molecule has 0 amide bonds. The zero-order valence-corrected chi connectivity index (χ0v) is 14.0. The van der Waals surface area contributed by atoms with Crippen LogP contribution in [-0.4, -0.2) is 19.6 Å². The van der Waals surface area contributed by atoms with Crippen LogP contribution in [0.1, 0.15) is 41.9 Å². The van der Waals surface area contributed by atoms with Crippen molar-refractivity contribution in [2.75, 3.05) is 0 Å². The van der Waals surface area contributed by atoms with Crippen LogP contribution in [0, 0.1) is 0 Å². The van der Waals surface area contributed by atoms with Crippen molar-refractivity contribution in [3.8, 4) is 0 Å². The molecule has 1 saturated carbocycles. The SMILES string of the molecule is C=CCCc1nccn2c(C3(c4ccc(C(F)(F)F)cc4)CC3)nnc12. The van der Waals surface area contributed by atoms with Crippen molar-refractivity contribution in [1.82, 2.24) is 19.6 Å². The standard InChI is InChI=1S/C19H17F3N4/c1-2-3-4-15-16-24-25-17(26(16)12-11-23-15)18(9-10-18)13-5-7-14(8-6-13)19(20,21)22/h2,5-8,11-12H,1,3-4,9-10H2. The van der Waals surface area contributed by atoms with Crippen molar-refractivity contribution < 1.29 is 13.2 Å². The maximum absolute atomic E-state index is 12.8. The van der Waals surface area contributed by atoms with Crippen LogP contribution in [0.4, 0.5) is 13.2 Å². The molecular weight excluding hydrogens is 341 g/mol. The van der Waals surface area contributed by atoms with E-state index in [1.807, 2.05) is 16.7 Å². The summed E-state index contributed by atoms with van der Waals surface area (Å²) in [6.45, 7) is 3.72. The molecular formula is C19H17F3N4. The fourth-order valence-electron chi connectivity index (χ4n) is 3.36. The van der Waals surface area contributed by atoms with Gasteiger partial charge in [-0.3, -0.25) is 9.38 Å². The van der Waals surface area contributed by atoms with Crippen LogP contribution in [-0.2, 0) is 18.0 Å². The molecule has 4 nitrogen and oxygen atoms in total. The summed E-state index contributed by atoms with van der Waals surface area (Å²) in [5.74, 6) is 0.759. The van der Waals surface area contributed by atoms with Gasteiger partial charge in [0.2, 0.25) is 0 Å². The maximum Gasteiger partial charge on any atom is 0.416 e. The van der Waals surface area contributed by atoms with E-state index in [1.165, 1.54) is 0 Å². The van der Waals surface area contributed by atoms with Gasteiger partial charge >= 0.3 is 6.18 Å². The van der Waals surface area contributed by atoms with Crippen molar-refractivity contribution in [1.29, 1.82) is 0 Å². The molecule has 0 spiro atoms. The predicted molar refractivity (Wildman–Crippen MR) is 90.8 cm³/mol. The Balaban J connectivity index is 1.74. The molecule has 26 heavy (non-hydrogen) atoms. The number of fused-ring (bicyclic) bond motifs is 1. The minimum atomic E-state index is -4.33. The number of aryl methyl sites for hydroxylation is 1. The van der Waals surface area contributed by atoms with E-state index in [1.54, 1.807) is 18.3 Å². The average Bonchev–Trinajstić information content (AvgIpc) is 3.31. The third-order valence-corrected chi connectivity index (χ3v) is 4.93. The average molecular weight is 358 g/mol. The molecule has 1 fully saturated rings. The number of aromatic nitrogens is 4. The van der Waals surface area contributed by atoms with E-state index in [9.17, 15) is 13.2 Å². The molecule has 7 heteroatoms. The summed E-state index contributed by atoms with van der Waals surface area (Å²) in [7, 11) is 0. The topological polar surface area (TPSA) is 43.1 Å². The Morgan fingerprint density at radius 3 is 2.50 bits per heavy atom. The number of nitrogens with zero attached hydrogens (tertiary/aromatic N) is 4. The van der Waals surface area contributed by atoms with Gasteiger partial charge in [-0.15, -0.1) is 16.8 Å². The van der Waals surface area contributed by atoms with E-state index < -0.39 is 11.7 Å². The van der Waals surface area contributed by atoms with Gasteiger partial charge < -0.3 is 0 Å². The molecule has 1 aliphatic rings. The second kappa shape index (κ2) is 5.93. The molecule has 3 aromatic rings. The third kappa shape index (κ3) is 2.67. The molecule has 0 radical (unpaired) electrons. The molecule has 0 unspecified atom stereocenters. The first kappa shape index (κ1) is 16.8. The number of hydrogen-bond acceptors (Lipinski definition) is 3. The summed E-state index contributed by atoms with van der Waals surface area (Å²) in [4.78, 5) is 4.38. The molecule has 2 heterocycles. The van der Waals surface area contributed by atoms with Crippen molar-refractivity contribution in [3.63, 3.8) is 0 Å². The third-order valence-electron chi connectivity index (χ3n) is 4.93. The van der Waals surface area contributed by atoms with Gasteiger partial charge in [-0.05, 0) is 43.4 Å². The zero-order valence-electron chi connectivity index (χ0n) is 14.0. The lowest BCUT2D eigenvalue weighted by Crippen LogP contribution is -2.14. The van der Waals surface area contributed by atoms with Gasteiger partial charge in [-0.1, -0.05) is 18.2 Å². The first-order chi connectivity index (χ1) is 12.5. The van der Waals surface area contributed by atoms with Crippen LogP contribution in [0.5, 0.6) is 0 Å². The van der Waals surface area contributed by atoms with Gasteiger partial charge in [-0.25, -0.2) is 0 Å². The van der Waals surface area contributed by atoms with Crippen molar-refractivity contribution >= 4 is 5.65 Å². The Morgan fingerprint density at radius 1 is 1.15 bits per heavy atom. The van der Waals surface area contributed by atoms with Gasteiger partial charge in [0.05, 0.1) is 16.7 Å². The first-order valence-electron chi connectivity index (χ1n) is 8.43. The molecule has 0 N–H and O–H groups in total. The summed E-state index contributed by atoms with van der Waals surface area (Å²) in [6.07, 6.45) is 4.20. The molecule has 0 saturated heterocycles. The summed E-state index contributed by atoms with van der Waals surface area (Å²) in [5, 5.41) is 8.67. The van der Waals surface area contributed by atoms with E-state index in [0.29, 0.717) is 5.65 Å². The van der Waals surface area contributed by atoms with Gasteiger partial charge in [0.15, 0.2) is 5.65 Å². The highest BCUT2D eigenvalue weighted by Gasteiger charge is 2.50. The van der Waals surface area contributed by atoms with Crippen molar-refractivity contribution in [2.24, 2.45) is 0 Å². The molecule has 134 valence electrons. The van der Waals surface area contributed by atoms with E-state index in [0.717, 1.165) is 54.9 Å². The highest BCUT2D eigenvalue weighted by Crippen LogP contribution is 2.53. The number of alkyl halides is 3. The Hall–Kier alpha value is -2.70. The minimum absolute atomic E-state index is 0.374. The van der Waals surface area contributed by atoms with Crippen LogP contribution in [0.2, 0.25) is 0 Å². The molecule has 0 bridgehead atoms. The summed E-state index contributed by atoms with van der Waals surface area (Å²) < 4.78 is 40.4. The van der Waals surface area contributed by atoms with Crippen LogP contribution < -0.4 is 0 Å². The smallest absolute Gasteiger partial charge is 0.283 e. The quantitative estimate of drug-likeness (QED) is 0.637. The van der Waals surface area contributed by atoms with Crippen LogP contribution in [0.25, 0.3) is 5.65 Å². The van der Waals surface area contributed by atoms with Crippen molar-refractivity contribution in [3.05, 3.63) is 72.0 Å². The lowest BCUT2D eigenvalue weighted by Gasteiger charge is -2.15. The van der Waals surface area contributed by atoms with E-state index in [2.05, 4.69) is 21.8 Å². The van der Waals surface area contributed by atoms with E-state index in [4.69, 9.17) is 0 Å². The number of allylic oxidation sites excluding steroid dienone is 1. The number of rotatable bonds is 5. The van der Waals surface area contributed by atoms with Gasteiger partial charge in [-0.2, -0.15) is 13.2 Å². The zero-order chi connectivity index (χ0) is 18.4. The molecule has 1 aliphatic carbocycles. The molecule has 0 atom stereocenters. The van der Waals surface area contributed by atoms with E-state index >= 15 is 0 Å². The normalized spacial score (nSPS) is 16.0. The van der Waals surface area contributed by atoms with Crippen LogP contribution >= 0.6 is 0 Å². The summed E-state index contributed by atoms with van der Waals surface area (Å²) in [6, 6.07) is 5.37. The number of benzene rings is 1. The lowest BCUT2D eigenvalue weighted by atomic mass is 9.94. The highest BCUT2D eigenvalue weighted by atomic mass is 19.4. The second-order valence-electron chi connectivity index (χ2n) is 6.58. The van der Waals surface area contributed by atoms with Gasteiger partial charge in [0.1, 0.15) is 5.82 Å². The van der Waals surface area contributed by atoms with Gasteiger partial charge in [0, 0.05) is 12.4 Å². The Labute approximate surface area is 148 Å². The molecule has 2 aromatic heterocycles. The van der Waals surface area contributed by atoms with E-state index in [-0.39, 0.29) is 5.41 Å². The predicted octanol–water partition coefficient (Wildman–Crippen LogP) is 4.34. The molecule has 0 aliphatic heterocycles. The Kier molecular flexibility index (Phi) is 3.82. The second-order valence-corrected chi connectivity index (χ2v) is 6.58. The Bertz CT molecular complexity index is 953. The lowest BCUT2D eigenvalue weighted by molar-refractivity contribution is -0.137. The van der Waals surface area contributed by atoms with Gasteiger partial charge in [0.25, 0.3) is 0 Å². The van der Waals surface area contributed by atoms with Crippen molar-refractivity contribution in [2.45, 2.75) is 37.3 Å². The van der Waals surface area contributed by atoms with Crippen LogP contribution in [0.15, 0.2) is 49.3 Å². The maximum atomic E-state index is 12.8.